The van der Waals surface area contributed by atoms with Crippen molar-refractivity contribution in [3.05, 3.63) is 23.8 Å². The van der Waals surface area contributed by atoms with Gasteiger partial charge in [0.2, 0.25) is 0 Å². The Morgan fingerprint density at radius 2 is 2.26 bits per heavy atom. The van der Waals surface area contributed by atoms with Crippen LogP contribution < -0.4 is 10.6 Å². The molecule has 0 spiro atoms. The molecule has 106 valence electrons. The largest absolute Gasteiger partial charge is 0.384 e. The van der Waals surface area contributed by atoms with Crippen molar-refractivity contribution in [1.29, 1.82) is 0 Å². The first-order valence-electron chi connectivity index (χ1n) is 6.49. The van der Waals surface area contributed by atoms with Crippen molar-refractivity contribution in [2.24, 2.45) is 10.4 Å². The number of amides is 1. The summed E-state index contributed by atoms with van der Waals surface area (Å²) in [6, 6.07) is 0.297. The van der Waals surface area contributed by atoms with Crippen molar-refractivity contribution in [2.45, 2.75) is 33.7 Å². The molecule has 5 heteroatoms. The second kappa shape index (κ2) is 6.85. The van der Waals surface area contributed by atoms with Gasteiger partial charge in [0.25, 0.3) is 5.91 Å². The summed E-state index contributed by atoms with van der Waals surface area (Å²) in [5.41, 5.74) is 1.49. The molecule has 0 aromatic carbocycles. The van der Waals surface area contributed by atoms with Gasteiger partial charge in [-0.2, -0.15) is 0 Å². The van der Waals surface area contributed by atoms with Crippen molar-refractivity contribution < 1.29 is 4.79 Å². The fraction of sp³-hybridized carbons (Fsp3) is 0.571. The second-order valence-corrected chi connectivity index (χ2v) is 6.87. The fourth-order valence-corrected chi connectivity index (χ4v) is 2.08. The van der Waals surface area contributed by atoms with Crippen LogP contribution >= 0.6 is 8.58 Å². The average molecular weight is 281 g/mol. The minimum atomic E-state index is -0.130. The van der Waals surface area contributed by atoms with Gasteiger partial charge in [0, 0.05) is 24.1 Å². The van der Waals surface area contributed by atoms with Crippen LogP contribution in [0.25, 0.3) is 0 Å². The summed E-state index contributed by atoms with van der Waals surface area (Å²) in [5, 5.41) is 6.14. The number of rotatable bonds is 5. The van der Waals surface area contributed by atoms with Crippen LogP contribution in [-0.2, 0) is 4.79 Å². The number of nitrogens with one attached hydrogen (secondary N) is 2. The first-order valence-corrected chi connectivity index (χ1v) is 7.77. The van der Waals surface area contributed by atoms with E-state index in [1.807, 2.05) is 5.82 Å². The highest BCUT2D eigenvalue weighted by atomic mass is 31.1. The topological polar surface area (TPSA) is 53.5 Å². The van der Waals surface area contributed by atoms with E-state index < -0.39 is 0 Å². The third-order valence-electron chi connectivity index (χ3n) is 3.09. The van der Waals surface area contributed by atoms with Gasteiger partial charge in [0.15, 0.2) is 0 Å². The molecule has 1 amide bonds. The number of carbonyl (C=O) groups is 1. The van der Waals surface area contributed by atoms with Crippen LogP contribution in [0.5, 0.6) is 0 Å². The highest BCUT2D eigenvalue weighted by Gasteiger charge is 2.20. The molecule has 1 aliphatic heterocycles. The normalized spacial score (nSPS) is 17.8. The molecule has 0 aromatic heterocycles. The van der Waals surface area contributed by atoms with E-state index in [9.17, 15) is 4.79 Å². The third-order valence-corrected chi connectivity index (χ3v) is 3.99. The van der Waals surface area contributed by atoms with Crippen LogP contribution in [0.3, 0.4) is 0 Å². The zero-order valence-corrected chi connectivity index (χ0v) is 13.2. The molecule has 2 atom stereocenters. The Morgan fingerprint density at radius 3 is 2.79 bits per heavy atom. The van der Waals surface area contributed by atoms with E-state index in [2.05, 4.69) is 49.9 Å². The van der Waals surface area contributed by atoms with E-state index in [0.29, 0.717) is 26.9 Å². The van der Waals surface area contributed by atoms with Crippen molar-refractivity contribution >= 4 is 20.7 Å². The van der Waals surface area contributed by atoms with Gasteiger partial charge in [-0.3, -0.25) is 9.79 Å². The van der Waals surface area contributed by atoms with Crippen molar-refractivity contribution in [3.63, 3.8) is 0 Å². The SMILES string of the molecule is C=C(CNC(=O)C1=CPCC=N1)NC(C)C(C)(C)C. The van der Waals surface area contributed by atoms with Crippen molar-refractivity contribution in [2.75, 3.05) is 12.7 Å². The number of aliphatic imine (C=N–C) groups is 1. The number of carbonyl (C=O) groups excluding carboxylic acids is 1. The number of hydrogen-bond donors (Lipinski definition) is 2. The van der Waals surface area contributed by atoms with Gasteiger partial charge < -0.3 is 10.6 Å². The highest BCUT2D eigenvalue weighted by Crippen LogP contribution is 2.19. The van der Waals surface area contributed by atoms with Gasteiger partial charge in [-0.25, -0.2) is 0 Å². The molecule has 0 fully saturated rings. The lowest BCUT2D eigenvalue weighted by Gasteiger charge is -2.29. The Labute approximate surface area is 117 Å². The molecular formula is C14H24N3OP. The molecule has 0 bridgehead atoms. The van der Waals surface area contributed by atoms with E-state index in [-0.39, 0.29) is 11.3 Å². The zero-order chi connectivity index (χ0) is 14.5. The van der Waals surface area contributed by atoms with E-state index >= 15 is 0 Å². The maximum atomic E-state index is 11.8. The Hall–Kier alpha value is -1.15. The second-order valence-electron chi connectivity index (χ2n) is 5.77. The van der Waals surface area contributed by atoms with Crippen molar-refractivity contribution in [1.82, 2.24) is 10.6 Å². The average Bonchev–Trinajstić information content (AvgIpc) is 2.35. The van der Waals surface area contributed by atoms with Gasteiger partial charge in [-0.05, 0) is 18.2 Å². The lowest BCUT2D eigenvalue weighted by atomic mass is 9.88. The van der Waals surface area contributed by atoms with Crippen LogP contribution in [0.15, 0.2) is 28.8 Å². The molecule has 0 saturated heterocycles. The molecule has 4 nitrogen and oxygen atoms in total. The first kappa shape index (κ1) is 15.9. The molecule has 2 unspecified atom stereocenters. The molecule has 19 heavy (non-hydrogen) atoms. The Balaban J connectivity index is 2.36. The monoisotopic (exact) mass is 281 g/mol. The lowest BCUT2D eigenvalue weighted by Crippen LogP contribution is -2.40. The summed E-state index contributed by atoms with van der Waals surface area (Å²) in [6.07, 6.45) is 2.73. The summed E-state index contributed by atoms with van der Waals surface area (Å²) >= 11 is 0. The summed E-state index contributed by atoms with van der Waals surface area (Å²) in [4.78, 5) is 15.9. The molecule has 0 aliphatic carbocycles. The molecule has 0 saturated carbocycles. The Kier molecular flexibility index (Phi) is 5.74. The summed E-state index contributed by atoms with van der Waals surface area (Å²) in [7, 11) is 0.652. The van der Waals surface area contributed by atoms with E-state index in [1.165, 1.54) is 0 Å². The number of hydrogen-bond acceptors (Lipinski definition) is 3. The highest BCUT2D eigenvalue weighted by molar-refractivity contribution is 7.42. The standard InChI is InChI=1S/C14H24N3OP/c1-10(17-11(2)14(3,4)5)8-16-13(18)12-9-19-7-6-15-12/h6,9,11,17,19H,1,7-8H2,2-5H3,(H,16,18). The minimum Gasteiger partial charge on any atom is -0.384 e. The predicted molar refractivity (Wildman–Crippen MR) is 84.0 cm³/mol. The lowest BCUT2D eigenvalue weighted by molar-refractivity contribution is -0.117. The van der Waals surface area contributed by atoms with Gasteiger partial charge in [-0.15, -0.1) is 0 Å². The van der Waals surface area contributed by atoms with E-state index in [4.69, 9.17) is 0 Å². The van der Waals surface area contributed by atoms with Crippen LogP contribution in [0.2, 0.25) is 0 Å². The zero-order valence-electron chi connectivity index (χ0n) is 12.2. The van der Waals surface area contributed by atoms with Crippen LogP contribution in [0.4, 0.5) is 0 Å². The smallest absolute Gasteiger partial charge is 0.270 e. The van der Waals surface area contributed by atoms with Crippen LogP contribution in [0.1, 0.15) is 27.7 Å². The first-order chi connectivity index (χ1) is 8.80. The van der Waals surface area contributed by atoms with Gasteiger partial charge in [-0.1, -0.05) is 35.9 Å². The van der Waals surface area contributed by atoms with Crippen LogP contribution in [-0.4, -0.2) is 30.9 Å². The Morgan fingerprint density at radius 1 is 1.58 bits per heavy atom. The van der Waals surface area contributed by atoms with Gasteiger partial charge in [0.1, 0.15) is 5.70 Å². The number of nitrogens with zero attached hydrogens (tertiary/aromatic N) is 1. The maximum absolute atomic E-state index is 11.8. The van der Waals surface area contributed by atoms with E-state index in [0.717, 1.165) is 11.9 Å². The minimum absolute atomic E-state index is 0.130. The van der Waals surface area contributed by atoms with E-state index in [1.54, 1.807) is 6.21 Å². The van der Waals surface area contributed by atoms with Gasteiger partial charge >= 0.3 is 0 Å². The molecule has 0 aromatic rings. The third kappa shape index (κ3) is 5.56. The fourth-order valence-electron chi connectivity index (χ4n) is 1.36. The maximum Gasteiger partial charge on any atom is 0.270 e. The molecule has 1 aliphatic rings. The summed E-state index contributed by atoms with van der Waals surface area (Å²) < 4.78 is 0. The molecular weight excluding hydrogens is 257 g/mol. The molecule has 0 radical (unpaired) electrons. The summed E-state index contributed by atoms with van der Waals surface area (Å²) in [5.74, 6) is 1.76. The van der Waals surface area contributed by atoms with Crippen molar-refractivity contribution in [3.8, 4) is 0 Å². The molecule has 1 rings (SSSR count). The molecule has 1 heterocycles. The van der Waals surface area contributed by atoms with Gasteiger partial charge in [0.05, 0.1) is 6.54 Å². The van der Waals surface area contributed by atoms with Crippen LogP contribution in [0, 0.1) is 5.41 Å². The quantitative estimate of drug-likeness (QED) is 0.759. The summed E-state index contributed by atoms with van der Waals surface area (Å²) in [6.45, 7) is 13.0. The predicted octanol–water partition coefficient (Wildman–Crippen LogP) is 2.24. The molecule has 2 N–H and O–H groups in total. The Bertz CT molecular complexity index is 407.